The molecule has 0 saturated carbocycles. The number of hydrogen-bond acceptors (Lipinski definition) is 1. The second kappa shape index (κ2) is 18.0. The molecule has 0 unspecified atom stereocenters. The molecule has 0 saturated heterocycles. The third kappa shape index (κ3) is 15.9. The summed E-state index contributed by atoms with van der Waals surface area (Å²) in [5.74, 6) is -0.583. The van der Waals surface area contributed by atoms with Crippen molar-refractivity contribution < 1.29 is 55.5 Å². The summed E-state index contributed by atoms with van der Waals surface area (Å²) in [6.45, 7) is 5.50. The average Bonchev–Trinajstić information content (AvgIpc) is 2.65. The molecule has 6 heteroatoms. The molecule has 1 N–H and O–H groups in total. The van der Waals surface area contributed by atoms with E-state index in [0.29, 0.717) is 0 Å². The van der Waals surface area contributed by atoms with Crippen LogP contribution in [0.3, 0.4) is 0 Å². The fourth-order valence-corrected chi connectivity index (χ4v) is 1.07. The van der Waals surface area contributed by atoms with Crippen LogP contribution in [0.15, 0.2) is 42.5 Å². The van der Waals surface area contributed by atoms with Gasteiger partial charge in [0.2, 0.25) is 0 Å². The molecule has 0 heterocycles. The van der Waals surface area contributed by atoms with Crippen LogP contribution in [0.2, 0.25) is 13.1 Å². The molecule has 0 bridgehead atoms. The minimum Gasteiger partial charge on any atom is -1.00 e. The summed E-state index contributed by atoms with van der Waals surface area (Å²) in [5.41, 5.74) is 5.94. The largest absolute Gasteiger partial charge is 4.00 e. The Morgan fingerprint density at radius 1 is 1.16 bits per heavy atom. The van der Waals surface area contributed by atoms with Gasteiger partial charge in [-0.2, -0.15) is 17.5 Å². The molecule has 0 atom stereocenters. The van der Waals surface area contributed by atoms with Crippen molar-refractivity contribution in [2.75, 3.05) is 0 Å². The summed E-state index contributed by atoms with van der Waals surface area (Å²) >= 11 is 0. The molecule has 0 aliphatic carbocycles. The molecule has 19 heavy (non-hydrogen) atoms. The van der Waals surface area contributed by atoms with Crippen molar-refractivity contribution in [1.82, 2.24) is 0 Å². The van der Waals surface area contributed by atoms with E-state index in [1.165, 1.54) is 17.7 Å². The normalized spacial score (nSPS) is 7.11. The Morgan fingerprint density at radius 2 is 1.58 bits per heavy atom. The first-order valence-electron chi connectivity index (χ1n) is 5.03. The molecule has 1 amide bonds. The second-order valence-electron chi connectivity index (χ2n) is 3.21. The first-order valence-corrected chi connectivity index (χ1v) is 7.03. The smallest absolute Gasteiger partial charge is 1.00 e. The van der Waals surface area contributed by atoms with Gasteiger partial charge in [-0.05, 0) is 6.92 Å². The van der Waals surface area contributed by atoms with E-state index >= 15 is 0 Å². The molecule has 0 aliphatic rings. The number of benzene rings is 1. The maximum Gasteiger partial charge on any atom is 4.00 e. The van der Waals surface area contributed by atoms with Crippen molar-refractivity contribution in [2.45, 2.75) is 20.0 Å². The van der Waals surface area contributed by atoms with Gasteiger partial charge in [0, 0.05) is 15.4 Å². The van der Waals surface area contributed by atoms with Crippen LogP contribution in [0.4, 0.5) is 0 Å². The Labute approximate surface area is 149 Å². The molecule has 2 rings (SSSR count). The summed E-state index contributed by atoms with van der Waals surface area (Å²) in [4.78, 5) is 9.11. The van der Waals surface area contributed by atoms with E-state index in [1.54, 1.807) is 0 Å². The Balaban J connectivity index is -0.0000000994. The number of rotatable bonds is 0. The van der Waals surface area contributed by atoms with Gasteiger partial charge in [0.15, 0.2) is 0 Å². The summed E-state index contributed by atoms with van der Waals surface area (Å²) in [7, 11) is 1.08. The van der Waals surface area contributed by atoms with Gasteiger partial charge in [-0.25, -0.2) is 0 Å². The van der Waals surface area contributed by atoms with E-state index in [2.05, 4.69) is 55.6 Å². The summed E-state index contributed by atoms with van der Waals surface area (Å²) in [6.07, 6.45) is 0. The third-order valence-corrected chi connectivity index (χ3v) is 1.55. The zero-order valence-electron chi connectivity index (χ0n) is 11.2. The van der Waals surface area contributed by atoms with Crippen LogP contribution in [0.25, 0.3) is 16.5 Å². The van der Waals surface area contributed by atoms with Gasteiger partial charge in [-0.1, -0.05) is 19.2 Å². The number of nitrogens with one attached hydrogen (secondary N) is 1. The van der Waals surface area contributed by atoms with Crippen LogP contribution < -0.4 is 24.8 Å². The van der Waals surface area contributed by atoms with Crippen LogP contribution in [0.1, 0.15) is 6.92 Å². The topological polar surface area (TPSA) is 40.9 Å². The van der Waals surface area contributed by atoms with Crippen molar-refractivity contribution in [2.24, 2.45) is 0 Å². The van der Waals surface area contributed by atoms with Gasteiger partial charge >= 0.3 is 25.8 Å². The van der Waals surface area contributed by atoms with Crippen molar-refractivity contribution in [3.63, 3.8) is 0 Å². The van der Waals surface area contributed by atoms with E-state index in [0.717, 1.165) is 9.52 Å². The molecular weight excluding hydrogens is 464 g/mol. The number of carbonyl (C=O) groups excluding carboxylic acids is 1. The molecule has 102 valence electrons. The van der Waals surface area contributed by atoms with Crippen LogP contribution in [0, 0.1) is 0 Å². The quantitative estimate of drug-likeness (QED) is 0.316. The van der Waals surface area contributed by atoms with Gasteiger partial charge in [0.1, 0.15) is 0 Å². The summed E-state index contributed by atoms with van der Waals surface area (Å²) < 4.78 is 0. The van der Waals surface area contributed by atoms with Crippen molar-refractivity contribution >= 4 is 26.2 Å². The molecule has 0 aliphatic heterocycles. The van der Waals surface area contributed by atoms with Crippen molar-refractivity contribution in [1.29, 1.82) is 0 Å². The van der Waals surface area contributed by atoms with Gasteiger partial charge < -0.3 is 35.3 Å². The number of amides is 1. The Kier molecular flexibility index (Phi) is 25.8. The number of fused-ring (bicyclic) bond motifs is 1. The predicted octanol–water partition coefficient (Wildman–Crippen LogP) is -2.06. The average molecular weight is 481 g/mol. The predicted molar refractivity (Wildman–Crippen MR) is 72.0 cm³/mol. The molecule has 2 nitrogen and oxygen atoms in total. The third-order valence-electron chi connectivity index (χ3n) is 1.55. The van der Waals surface area contributed by atoms with Crippen molar-refractivity contribution in [3.8, 4) is 0 Å². The fourth-order valence-electron chi connectivity index (χ4n) is 1.07. The molecule has 2 aromatic carbocycles. The van der Waals surface area contributed by atoms with E-state index in [4.69, 9.17) is 10.5 Å². The van der Waals surface area contributed by atoms with Crippen LogP contribution in [-0.2, 0) is 30.6 Å². The van der Waals surface area contributed by atoms with Gasteiger partial charge in [0.05, 0.1) is 0 Å². The second-order valence-corrected chi connectivity index (χ2v) is 4.21. The van der Waals surface area contributed by atoms with Crippen LogP contribution >= 0.6 is 0 Å². The minimum atomic E-state index is -0.583. The molecule has 0 fully saturated rings. The van der Waals surface area contributed by atoms with E-state index < -0.39 is 5.91 Å². The molecular formula is C13H17Cl2HfNOSi. The number of hydrogen-bond donors (Lipinski definition) is 0. The van der Waals surface area contributed by atoms with Gasteiger partial charge in [-0.15, -0.1) is 29.7 Å². The molecule has 2 radical (unpaired) electrons. The van der Waals surface area contributed by atoms with E-state index in [1.807, 2.05) is 0 Å². The zero-order valence-corrected chi connectivity index (χ0v) is 17.3. The van der Waals surface area contributed by atoms with E-state index in [9.17, 15) is 0 Å². The van der Waals surface area contributed by atoms with Crippen LogP contribution in [0.5, 0.6) is 0 Å². The number of halogens is 2. The summed E-state index contributed by atoms with van der Waals surface area (Å²) in [5, 5.41) is 2.66. The SMILES string of the molecule is CC([NH-])=O.C[Si]C.[Cl-].[Cl-].[Hf+4].c1ccc2[cH-]ccc2c1. The maximum atomic E-state index is 9.11. The Bertz CT molecular complexity index is 389. The summed E-state index contributed by atoms with van der Waals surface area (Å²) in [6, 6.07) is 14.7. The zero-order chi connectivity index (χ0) is 12.4. The van der Waals surface area contributed by atoms with E-state index in [-0.39, 0.29) is 50.7 Å². The molecule has 0 spiro atoms. The van der Waals surface area contributed by atoms with Gasteiger partial charge in [0.25, 0.3) is 0 Å². The monoisotopic (exact) mass is 481 g/mol. The van der Waals surface area contributed by atoms with Crippen LogP contribution in [-0.4, -0.2) is 15.4 Å². The number of carbonyl (C=O) groups is 1. The minimum absolute atomic E-state index is 0. The Hall–Kier alpha value is -0.0330. The molecule has 0 aromatic heterocycles. The first-order chi connectivity index (χ1) is 7.61. The maximum absolute atomic E-state index is 9.11. The van der Waals surface area contributed by atoms with Crippen molar-refractivity contribution in [3.05, 3.63) is 48.2 Å². The van der Waals surface area contributed by atoms with Gasteiger partial charge in [-0.3, -0.25) is 0 Å². The standard InChI is InChI=1S/C9H7.C2H5NO.C2H6Si.2ClH.Hf/c1-2-5-9-7-3-6-8(9)4-1;1-2(3)4;1-3-2;;;/h1-7H;1H3,(H2,3,4);1-2H3;2*1H;/q-1;;;;;+4/p-3. The fraction of sp³-hybridized carbons (Fsp3) is 0.231. The Morgan fingerprint density at radius 3 is 2.00 bits per heavy atom. The first kappa shape index (κ1) is 27.3. The molecule has 2 aromatic rings.